The minimum absolute atomic E-state index is 0.143. The third-order valence-electron chi connectivity index (χ3n) is 2.88. The van der Waals surface area contributed by atoms with Crippen LogP contribution in [0.5, 0.6) is 0 Å². The van der Waals surface area contributed by atoms with Gasteiger partial charge >= 0.3 is 5.97 Å². The Morgan fingerprint density at radius 3 is 2.93 bits per heavy atom. The number of aliphatic carboxylic acids is 1. The molecule has 1 aliphatic rings. The lowest BCUT2D eigenvalue weighted by molar-refractivity contribution is -0.137. The highest BCUT2D eigenvalue weighted by Gasteiger charge is 2.25. The van der Waals surface area contributed by atoms with Crippen molar-refractivity contribution in [2.75, 3.05) is 13.1 Å². The monoisotopic (exact) mass is 200 g/mol. The molecule has 0 amide bonds. The van der Waals surface area contributed by atoms with Crippen LogP contribution in [-0.4, -0.2) is 41.1 Å². The molecular weight excluding hydrogens is 180 g/mol. The quantitative estimate of drug-likeness (QED) is 0.699. The maximum Gasteiger partial charge on any atom is 0.304 e. The Balaban J connectivity index is 2.41. The van der Waals surface area contributed by atoms with Gasteiger partial charge in [-0.25, -0.2) is 0 Å². The van der Waals surface area contributed by atoms with E-state index in [1.54, 1.807) is 0 Å². The summed E-state index contributed by atoms with van der Waals surface area (Å²) < 4.78 is 0. The summed E-state index contributed by atoms with van der Waals surface area (Å²) in [5.74, 6) is -0.723. The van der Waals surface area contributed by atoms with Gasteiger partial charge in [-0.05, 0) is 26.3 Å². The van der Waals surface area contributed by atoms with Crippen LogP contribution in [0.15, 0.2) is 0 Å². The van der Waals surface area contributed by atoms with E-state index in [4.69, 9.17) is 10.8 Å². The summed E-state index contributed by atoms with van der Waals surface area (Å²) in [5.41, 5.74) is 5.87. The summed E-state index contributed by atoms with van der Waals surface area (Å²) in [6.45, 7) is 3.64. The number of carboxylic acids is 1. The predicted octanol–water partition coefficient (Wildman–Crippen LogP) is 0.663. The zero-order chi connectivity index (χ0) is 10.6. The van der Waals surface area contributed by atoms with Gasteiger partial charge in [0.15, 0.2) is 0 Å². The Morgan fingerprint density at radius 2 is 2.36 bits per heavy atom. The second-order valence-electron chi connectivity index (χ2n) is 4.10. The van der Waals surface area contributed by atoms with E-state index in [0.717, 1.165) is 13.0 Å². The number of nitrogens with zero attached hydrogens (tertiary/aromatic N) is 1. The molecule has 1 heterocycles. The van der Waals surface area contributed by atoms with Crippen molar-refractivity contribution in [2.45, 2.75) is 44.7 Å². The summed E-state index contributed by atoms with van der Waals surface area (Å²) in [4.78, 5) is 12.7. The molecule has 0 radical (unpaired) electrons. The number of hydrogen-bond acceptors (Lipinski definition) is 3. The average molecular weight is 200 g/mol. The fourth-order valence-electron chi connectivity index (χ4n) is 2.13. The minimum Gasteiger partial charge on any atom is -0.481 e. The normalized spacial score (nSPS) is 26.0. The van der Waals surface area contributed by atoms with E-state index in [1.807, 2.05) is 6.92 Å². The van der Waals surface area contributed by atoms with E-state index in [1.165, 1.54) is 12.8 Å². The molecule has 4 heteroatoms. The molecule has 82 valence electrons. The molecule has 2 unspecified atom stereocenters. The standard InChI is InChI=1S/C10H20N2O2/c1-8(11)9-4-2-3-6-12(9)7-5-10(13)14/h8-9H,2-7,11H2,1H3,(H,13,14). The second-order valence-corrected chi connectivity index (χ2v) is 4.10. The molecule has 1 rings (SSSR count). The molecule has 0 aromatic carbocycles. The molecule has 1 saturated heterocycles. The molecule has 0 spiro atoms. The van der Waals surface area contributed by atoms with Crippen molar-refractivity contribution in [2.24, 2.45) is 5.73 Å². The summed E-state index contributed by atoms with van der Waals surface area (Å²) in [7, 11) is 0. The minimum atomic E-state index is -0.723. The number of likely N-dealkylation sites (tertiary alicyclic amines) is 1. The Bertz CT molecular complexity index is 195. The zero-order valence-corrected chi connectivity index (χ0v) is 8.78. The third-order valence-corrected chi connectivity index (χ3v) is 2.88. The van der Waals surface area contributed by atoms with Gasteiger partial charge < -0.3 is 10.8 Å². The highest BCUT2D eigenvalue weighted by atomic mass is 16.4. The van der Waals surface area contributed by atoms with E-state index >= 15 is 0 Å². The molecule has 1 aliphatic heterocycles. The van der Waals surface area contributed by atoms with Crippen molar-refractivity contribution >= 4 is 5.97 Å². The molecule has 1 fully saturated rings. The first-order valence-corrected chi connectivity index (χ1v) is 5.32. The van der Waals surface area contributed by atoms with Crippen molar-refractivity contribution in [1.82, 2.24) is 4.90 Å². The van der Waals surface area contributed by atoms with E-state index in [0.29, 0.717) is 12.6 Å². The smallest absolute Gasteiger partial charge is 0.304 e. The van der Waals surface area contributed by atoms with Crippen LogP contribution in [0.25, 0.3) is 0 Å². The van der Waals surface area contributed by atoms with Crippen molar-refractivity contribution in [3.8, 4) is 0 Å². The molecule has 0 aliphatic carbocycles. The van der Waals surface area contributed by atoms with Crippen LogP contribution in [0.2, 0.25) is 0 Å². The van der Waals surface area contributed by atoms with Gasteiger partial charge in [-0.2, -0.15) is 0 Å². The third kappa shape index (κ3) is 3.27. The summed E-state index contributed by atoms with van der Waals surface area (Å²) in [6.07, 6.45) is 3.72. The maximum absolute atomic E-state index is 10.5. The number of piperidine rings is 1. The van der Waals surface area contributed by atoms with Gasteiger partial charge in [0.2, 0.25) is 0 Å². The highest BCUT2D eigenvalue weighted by molar-refractivity contribution is 5.66. The average Bonchev–Trinajstić information content (AvgIpc) is 2.15. The highest BCUT2D eigenvalue weighted by Crippen LogP contribution is 2.18. The van der Waals surface area contributed by atoms with Crippen molar-refractivity contribution in [3.63, 3.8) is 0 Å². The molecular formula is C10H20N2O2. The van der Waals surface area contributed by atoms with Gasteiger partial charge in [0, 0.05) is 18.6 Å². The van der Waals surface area contributed by atoms with Gasteiger partial charge in [-0.1, -0.05) is 6.42 Å². The lowest BCUT2D eigenvalue weighted by Gasteiger charge is -2.37. The van der Waals surface area contributed by atoms with Gasteiger partial charge in [0.05, 0.1) is 6.42 Å². The fourth-order valence-corrected chi connectivity index (χ4v) is 2.13. The second kappa shape index (κ2) is 5.32. The number of rotatable bonds is 4. The van der Waals surface area contributed by atoms with Crippen LogP contribution in [0.4, 0.5) is 0 Å². The first kappa shape index (κ1) is 11.5. The van der Waals surface area contributed by atoms with E-state index in [2.05, 4.69) is 4.90 Å². The van der Waals surface area contributed by atoms with Crippen LogP contribution in [0, 0.1) is 0 Å². The zero-order valence-electron chi connectivity index (χ0n) is 8.78. The van der Waals surface area contributed by atoms with Crippen molar-refractivity contribution < 1.29 is 9.90 Å². The molecule has 0 saturated carbocycles. The van der Waals surface area contributed by atoms with Gasteiger partial charge in [0.1, 0.15) is 0 Å². The topological polar surface area (TPSA) is 66.6 Å². The Morgan fingerprint density at radius 1 is 1.64 bits per heavy atom. The van der Waals surface area contributed by atoms with Crippen LogP contribution in [0.1, 0.15) is 32.6 Å². The van der Waals surface area contributed by atoms with Crippen LogP contribution < -0.4 is 5.73 Å². The Kier molecular flexibility index (Phi) is 4.35. The molecule has 2 atom stereocenters. The first-order valence-electron chi connectivity index (χ1n) is 5.32. The van der Waals surface area contributed by atoms with Gasteiger partial charge in [0.25, 0.3) is 0 Å². The summed E-state index contributed by atoms with van der Waals surface area (Å²) in [6, 6.07) is 0.521. The van der Waals surface area contributed by atoms with Crippen LogP contribution in [0.3, 0.4) is 0 Å². The molecule has 0 aromatic rings. The molecule has 0 bridgehead atoms. The lowest BCUT2D eigenvalue weighted by atomic mass is 9.97. The number of hydrogen-bond donors (Lipinski definition) is 2. The molecule has 3 N–H and O–H groups in total. The number of carboxylic acid groups (broad SMARTS) is 1. The van der Waals surface area contributed by atoms with Gasteiger partial charge in [-0.3, -0.25) is 9.69 Å². The fraction of sp³-hybridized carbons (Fsp3) is 0.900. The lowest BCUT2D eigenvalue weighted by Crippen LogP contribution is -2.49. The number of nitrogens with two attached hydrogens (primary N) is 1. The molecule has 0 aromatic heterocycles. The number of carbonyl (C=O) groups is 1. The maximum atomic E-state index is 10.5. The predicted molar refractivity (Wildman–Crippen MR) is 55.1 cm³/mol. The molecule has 14 heavy (non-hydrogen) atoms. The van der Waals surface area contributed by atoms with Crippen molar-refractivity contribution in [1.29, 1.82) is 0 Å². The van der Waals surface area contributed by atoms with Gasteiger partial charge in [-0.15, -0.1) is 0 Å². The van der Waals surface area contributed by atoms with E-state index in [-0.39, 0.29) is 12.5 Å². The van der Waals surface area contributed by atoms with Crippen LogP contribution in [-0.2, 0) is 4.79 Å². The van der Waals surface area contributed by atoms with Crippen molar-refractivity contribution in [3.05, 3.63) is 0 Å². The first-order chi connectivity index (χ1) is 6.61. The van der Waals surface area contributed by atoms with E-state index in [9.17, 15) is 4.79 Å². The summed E-state index contributed by atoms with van der Waals surface area (Å²) >= 11 is 0. The van der Waals surface area contributed by atoms with E-state index < -0.39 is 5.97 Å². The SMILES string of the molecule is CC(N)C1CCCCN1CCC(=O)O. The largest absolute Gasteiger partial charge is 0.481 e. The Labute approximate surface area is 85.1 Å². The van der Waals surface area contributed by atoms with Crippen LogP contribution >= 0.6 is 0 Å². The summed E-state index contributed by atoms with van der Waals surface area (Å²) in [5, 5.41) is 8.61. The molecule has 4 nitrogen and oxygen atoms in total. The Hall–Kier alpha value is -0.610.